The topological polar surface area (TPSA) is 31.4 Å². The van der Waals surface area contributed by atoms with Gasteiger partial charge in [-0.3, -0.25) is 4.98 Å². The average molecular weight is 234 g/mol. The molecule has 3 nitrogen and oxygen atoms in total. The molecule has 0 aliphatic rings. The van der Waals surface area contributed by atoms with Crippen LogP contribution in [0.5, 0.6) is 5.75 Å². The number of hydrogen-bond acceptors (Lipinski definition) is 4. The van der Waals surface area contributed by atoms with Crippen molar-refractivity contribution >= 4 is 24.2 Å². The van der Waals surface area contributed by atoms with Gasteiger partial charge in [0.25, 0.3) is 0 Å². The molecule has 0 aromatic carbocycles. The Labute approximate surface area is 93.8 Å². The molecule has 0 saturated carbocycles. The van der Waals surface area contributed by atoms with Crippen molar-refractivity contribution < 1.29 is 9.47 Å². The summed E-state index contributed by atoms with van der Waals surface area (Å²) in [4.78, 5) is 3.89. The van der Waals surface area contributed by atoms with E-state index in [0.717, 1.165) is 5.75 Å². The summed E-state index contributed by atoms with van der Waals surface area (Å²) in [7, 11) is 0. The lowest BCUT2D eigenvalue weighted by Crippen LogP contribution is -2.08. The van der Waals surface area contributed by atoms with E-state index in [1.165, 1.54) is 0 Å². The predicted molar refractivity (Wildman–Crippen MR) is 59.4 cm³/mol. The fourth-order valence-electron chi connectivity index (χ4n) is 0.856. The minimum absolute atomic E-state index is 0.496. The summed E-state index contributed by atoms with van der Waals surface area (Å²) in [5.41, 5.74) is 0. The summed E-state index contributed by atoms with van der Waals surface area (Å²) in [5, 5.41) is 0.568. The third-order valence-corrected chi connectivity index (χ3v) is 1.80. The summed E-state index contributed by atoms with van der Waals surface area (Å²) in [6.45, 7) is 1.68. The highest BCUT2D eigenvalue weighted by atomic mass is 35.5. The van der Waals surface area contributed by atoms with E-state index in [0.29, 0.717) is 30.6 Å². The molecule has 0 N–H and O–H groups in total. The van der Waals surface area contributed by atoms with Crippen LogP contribution in [0.3, 0.4) is 0 Å². The van der Waals surface area contributed by atoms with Gasteiger partial charge in [-0.25, -0.2) is 0 Å². The van der Waals surface area contributed by atoms with E-state index in [1.807, 2.05) is 0 Å². The Hall–Kier alpha value is -0.450. The maximum absolute atomic E-state index is 5.72. The monoisotopic (exact) mass is 233 g/mol. The van der Waals surface area contributed by atoms with Gasteiger partial charge in [0.1, 0.15) is 12.4 Å². The minimum atomic E-state index is 0.496. The molecule has 1 heterocycles. The van der Waals surface area contributed by atoms with E-state index in [1.54, 1.807) is 18.5 Å². The third kappa shape index (κ3) is 4.69. The van der Waals surface area contributed by atoms with Crippen LogP contribution in [0.4, 0.5) is 0 Å². The number of hydrogen-bond donors (Lipinski definition) is 1. The fourth-order valence-corrected chi connectivity index (χ4v) is 1.15. The van der Waals surface area contributed by atoms with Gasteiger partial charge in [0.2, 0.25) is 0 Å². The molecular formula is C9H12ClNO2S. The summed E-state index contributed by atoms with van der Waals surface area (Å²) in [5.74, 6) is 1.38. The maximum atomic E-state index is 5.72. The predicted octanol–water partition coefficient (Wildman–Crippen LogP) is 2.06. The van der Waals surface area contributed by atoms with Gasteiger partial charge in [-0.1, -0.05) is 11.6 Å². The van der Waals surface area contributed by atoms with Crippen molar-refractivity contribution in [3.63, 3.8) is 0 Å². The van der Waals surface area contributed by atoms with E-state index < -0.39 is 0 Å². The van der Waals surface area contributed by atoms with Gasteiger partial charge in [-0.2, -0.15) is 12.6 Å². The quantitative estimate of drug-likeness (QED) is 0.603. The van der Waals surface area contributed by atoms with Crippen molar-refractivity contribution in [1.82, 2.24) is 4.98 Å². The number of thiol groups is 1. The molecule has 1 aromatic heterocycles. The molecule has 5 heteroatoms. The molecule has 1 rings (SSSR count). The Balaban J connectivity index is 2.18. The van der Waals surface area contributed by atoms with Gasteiger partial charge in [-0.15, -0.1) is 0 Å². The first-order valence-corrected chi connectivity index (χ1v) is 5.26. The molecule has 0 unspecified atom stereocenters. The SMILES string of the molecule is SCCOCCOc1cncc(Cl)c1. The number of ether oxygens (including phenoxy) is 2. The van der Waals surface area contributed by atoms with Crippen molar-refractivity contribution in [3.8, 4) is 5.75 Å². The number of pyridine rings is 1. The molecular weight excluding hydrogens is 222 g/mol. The average Bonchev–Trinajstić information content (AvgIpc) is 2.18. The van der Waals surface area contributed by atoms with Gasteiger partial charge in [0, 0.05) is 18.0 Å². The van der Waals surface area contributed by atoms with Gasteiger partial charge in [0.05, 0.1) is 24.4 Å². The van der Waals surface area contributed by atoms with E-state index >= 15 is 0 Å². The number of nitrogens with zero attached hydrogens (tertiary/aromatic N) is 1. The van der Waals surface area contributed by atoms with Crippen LogP contribution in [0.15, 0.2) is 18.5 Å². The van der Waals surface area contributed by atoms with E-state index in [-0.39, 0.29) is 0 Å². The Kier molecular flexibility index (Phi) is 5.75. The minimum Gasteiger partial charge on any atom is -0.490 e. The molecule has 1 aromatic rings. The number of rotatable bonds is 6. The van der Waals surface area contributed by atoms with E-state index in [9.17, 15) is 0 Å². The third-order valence-electron chi connectivity index (χ3n) is 1.41. The highest BCUT2D eigenvalue weighted by molar-refractivity contribution is 7.80. The van der Waals surface area contributed by atoms with Crippen LogP contribution in [-0.2, 0) is 4.74 Å². The van der Waals surface area contributed by atoms with Gasteiger partial charge >= 0.3 is 0 Å². The Morgan fingerprint density at radius 1 is 1.29 bits per heavy atom. The van der Waals surface area contributed by atoms with Crippen LogP contribution < -0.4 is 4.74 Å². The molecule has 0 amide bonds. The molecule has 0 radical (unpaired) electrons. The first kappa shape index (κ1) is 11.6. The second kappa shape index (κ2) is 6.92. The standard InChI is InChI=1S/C9H12ClNO2S/c10-8-5-9(7-11-6-8)13-2-1-12-3-4-14/h5-7,14H,1-4H2. The second-order valence-corrected chi connectivity index (χ2v) is 3.41. The van der Waals surface area contributed by atoms with Crippen molar-refractivity contribution in [2.45, 2.75) is 0 Å². The zero-order valence-corrected chi connectivity index (χ0v) is 9.30. The van der Waals surface area contributed by atoms with Crippen molar-refractivity contribution in [2.24, 2.45) is 0 Å². The molecule has 0 saturated heterocycles. The highest BCUT2D eigenvalue weighted by Gasteiger charge is 1.95. The Morgan fingerprint density at radius 2 is 2.14 bits per heavy atom. The highest BCUT2D eigenvalue weighted by Crippen LogP contribution is 2.14. The van der Waals surface area contributed by atoms with E-state index in [4.69, 9.17) is 21.1 Å². The van der Waals surface area contributed by atoms with Gasteiger partial charge < -0.3 is 9.47 Å². The Morgan fingerprint density at radius 3 is 2.86 bits per heavy atom. The lowest BCUT2D eigenvalue weighted by Gasteiger charge is -2.05. The zero-order chi connectivity index (χ0) is 10.2. The lowest BCUT2D eigenvalue weighted by atomic mass is 10.5. The summed E-state index contributed by atoms with van der Waals surface area (Å²) in [6, 6.07) is 1.72. The first-order chi connectivity index (χ1) is 6.83. The number of halogens is 1. The summed E-state index contributed by atoms with van der Waals surface area (Å²) in [6.07, 6.45) is 3.18. The van der Waals surface area contributed by atoms with Crippen LogP contribution in [-0.4, -0.2) is 30.6 Å². The van der Waals surface area contributed by atoms with Crippen LogP contribution in [0.1, 0.15) is 0 Å². The van der Waals surface area contributed by atoms with Gasteiger partial charge in [-0.05, 0) is 0 Å². The fraction of sp³-hybridized carbons (Fsp3) is 0.444. The maximum Gasteiger partial charge on any atom is 0.139 e. The molecule has 0 atom stereocenters. The zero-order valence-electron chi connectivity index (χ0n) is 7.65. The van der Waals surface area contributed by atoms with Crippen LogP contribution in [0.25, 0.3) is 0 Å². The molecule has 0 aliphatic carbocycles. The van der Waals surface area contributed by atoms with Crippen LogP contribution >= 0.6 is 24.2 Å². The normalized spacial score (nSPS) is 10.1. The molecule has 78 valence electrons. The van der Waals surface area contributed by atoms with Crippen LogP contribution in [0, 0.1) is 0 Å². The van der Waals surface area contributed by atoms with Gasteiger partial charge in [0.15, 0.2) is 0 Å². The lowest BCUT2D eigenvalue weighted by molar-refractivity contribution is 0.112. The molecule has 0 bridgehead atoms. The first-order valence-electron chi connectivity index (χ1n) is 4.25. The second-order valence-electron chi connectivity index (χ2n) is 2.52. The van der Waals surface area contributed by atoms with E-state index in [2.05, 4.69) is 17.6 Å². The summed E-state index contributed by atoms with van der Waals surface area (Å²) >= 11 is 9.74. The molecule has 0 fully saturated rings. The molecule has 0 aliphatic heterocycles. The van der Waals surface area contributed by atoms with Crippen molar-refractivity contribution in [3.05, 3.63) is 23.5 Å². The van der Waals surface area contributed by atoms with Crippen molar-refractivity contribution in [1.29, 1.82) is 0 Å². The van der Waals surface area contributed by atoms with Crippen molar-refractivity contribution in [2.75, 3.05) is 25.6 Å². The Bertz CT molecular complexity index is 273. The summed E-state index contributed by atoms with van der Waals surface area (Å²) < 4.78 is 10.5. The largest absolute Gasteiger partial charge is 0.490 e. The number of aromatic nitrogens is 1. The molecule has 0 spiro atoms. The molecule has 14 heavy (non-hydrogen) atoms. The van der Waals surface area contributed by atoms with Crippen LogP contribution in [0.2, 0.25) is 5.02 Å². The smallest absolute Gasteiger partial charge is 0.139 e.